The number of benzene rings is 1. The largest absolute Gasteiger partial charge is 0.359 e. The minimum atomic E-state index is -0.326. The van der Waals surface area contributed by atoms with Crippen molar-refractivity contribution in [2.45, 2.75) is 25.7 Å². The Morgan fingerprint density at radius 2 is 1.95 bits per heavy atom. The fourth-order valence-corrected chi connectivity index (χ4v) is 2.16. The molecule has 5 heteroatoms. The van der Waals surface area contributed by atoms with E-state index in [2.05, 4.69) is 5.32 Å². The van der Waals surface area contributed by atoms with Gasteiger partial charge in [0.15, 0.2) is 6.10 Å². The van der Waals surface area contributed by atoms with Gasteiger partial charge in [-0.05, 0) is 30.7 Å². The van der Waals surface area contributed by atoms with Crippen LogP contribution in [0.3, 0.4) is 0 Å². The highest BCUT2D eigenvalue weighted by Gasteiger charge is 2.41. The van der Waals surface area contributed by atoms with Crippen molar-refractivity contribution in [1.29, 1.82) is 0 Å². The molecule has 0 saturated carbocycles. The number of carbonyl (C=O) groups is 1. The van der Waals surface area contributed by atoms with Crippen LogP contribution in [0.25, 0.3) is 0 Å². The molecule has 0 unspecified atom stereocenters. The van der Waals surface area contributed by atoms with Crippen LogP contribution in [0.15, 0.2) is 53.5 Å². The smallest absolute Gasteiger partial charge is 0.256 e. The lowest BCUT2D eigenvalue weighted by atomic mass is 10.2. The van der Waals surface area contributed by atoms with E-state index >= 15 is 0 Å². The standard InChI is InChI=1S/C16H16N2O3/c1-11-15(21-11)16(20)17-13-7-5-12(6-8-13)10-18-9-3-2-4-14(18)19/h2-9,11,15H,10H2,1H3,(H,17,20)/t11-,15+/m0/s1. The number of aromatic nitrogens is 1. The van der Waals surface area contributed by atoms with E-state index < -0.39 is 0 Å². The van der Waals surface area contributed by atoms with Crippen molar-refractivity contribution in [1.82, 2.24) is 4.57 Å². The Hall–Kier alpha value is -2.40. The number of ether oxygens (including phenoxy) is 1. The van der Waals surface area contributed by atoms with Gasteiger partial charge in [0, 0.05) is 18.0 Å². The molecule has 1 aromatic heterocycles. The molecule has 1 N–H and O–H groups in total. The molecule has 1 fully saturated rings. The summed E-state index contributed by atoms with van der Waals surface area (Å²) in [5, 5.41) is 2.80. The summed E-state index contributed by atoms with van der Waals surface area (Å²) in [6.45, 7) is 2.38. The van der Waals surface area contributed by atoms with E-state index in [-0.39, 0.29) is 23.7 Å². The Morgan fingerprint density at radius 3 is 2.57 bits per heavy atom. The van der Waals surface area contributed by atoms with Gasteiger partial charge in [-0.15, -0.1) is 0 Å². The summed E-state index contributed by atoms with van der Waals surface area (Å²) in [6, 6.07) is 12.5. The molecular formula is C16H16N2O3. The molecule has 5 nitrogen and oxygen atoms in total. The van der Waals surface area contributed by atoms with Crippen LogP contribution in [0.4, 0.5) is 5.69 Å². The van der Waals surface area contributed by atoms with Crippen molar-refractivity contribution in [2.24, 2.45) is 0 Å². The lowest BCUT2D eigenvalue weighted by Gasteiger charge is -2.07. The zero-order valence-corrected chi connectivity index (χ0v) is 11.7. The van der Waals surface area contributed by atoms with Crippen LogP contribution in [0.1, 0.15) is 12.5 Å². The summed E-state index contributed by atoms with van der Waals surface area (Å²) < 4.78 is 6.75. The molecule has 2 heterocycles. The number of anilines is 1. The van der Waals surface area contributed by atoms with Gasteiger partial charge in [-0.25, -0.2) is 0 Å². The maximum absolute atomic E-state index is 11.7. The van der Waals surface area contributed by atoms with E-state index in [4.69, 9.17) is 4.74 Å². The number of carbonyl (C=O) groups excluding carboxylic acids is 1. The van der Waals surface area contributed by atoms with Gasteiger partial charge in [0.2, 0.25) is 0 Å². The molecule has 0 radical (unpaired) electrons. The second-order valence-corrected chi connectivity index (χ2v) is 5.11. The van der Waals surface area contributed by atoms with Crippen LogP contribution >= 0.6 is 0 Å². The van der Waals surface area contributed by atoms with Crippen molar-refractivity contribution < 1.29 is 9.53 Å². The number of pyridine rings is 1. The van der Waals surface area contributed by atoms with Crippen LogP contribution in [-0.4, -0.2) is 22.7 Å². The van der Waals surface area contributed by atoms with E-state index in [0.717, 1.165) is 11.3 Å². The van der Waals surface area contributed by atoms with Crippen molar-refractivity contribution in [3.8, 4) is 0 Å². The van der Waals surface area contributed by atoms with Gasteiger partial charge in [-0.3, -0.25) is 9.59 Å². The monoisotopic (exact) mass is 284 g/mol. The highest BCUT2D eigenvalue weighted by molar-refractivity contribution is 5.96. The third-order valence-corrected chi connectivity index (χ3v) is 3.44. The quantitative estimate of drug-likeness (QED) is 0.868. The average Bonchev–Trinajstić information content (AvgIpc) is 3.21. The third kappa shape index (κ3) is 3.20. The van der Waals surface area contributed by atoms with Gasteiger partial charge < -0.3 is 14.6 Å². The topological polar surface area (TPSA) is 63.6 Å². The lowest BCUT2D eigenvalue weighted by Crippen LogP contribution is -2.19. The number of amides is 1. The van der Waals surface area contributed by atoms with Crippen LogP contribution in [0.5, 0.6) is 0 Å². The zero-order chi connectivity index (χ0) is 14.8. The summed E-state index contributed by atoms with van der Waals surface area (Å²) in [6.07, 6.45) is 1.44. The Balaban J connectivity index is 1.65. The fraction of sp³-hybridized carbons (Fsp3) is 0.250. The predicted octanol–water partition coefficient (Wildman–Crippen LogP) is 1.62. The minimum absolute atomic E-state index is 0.00855. The molecule has 1 aliphatic rings. The molecule has 2 atom stereocenters. The Bertz CT molecular complexity index is 706. The molecule has 1 aromatic carbocycles. The Kier molecular flexibility index (Phi) is 3.58. The van der Waals surface area contributed by atoms with E-state index in [1.54, 1.807) is 16.8 Å². The Labute approximate surface area is 122 Å². The average molecular weight is 284 g/mol. The van der Waals surface area contributed by atoms with Crippen molar-refractivity contribution in [3.63, 3.8) is 0 Å². The molecule has 0 aliphatic carbocycles. The number of hydrogen-bond donors (Lipinski definition) is 1. The van der Waals surface area contributed by atoms with E-state index in [1.165, 1.54) is 6.07 Å². The summed E-state index contributed by atoms with van der Waals surface area (Å²) >= 11 is 0. The Morgan fingerprint density at radius 1 is 1.24 bits per heavy atom. The second-order valence-electron chi connectivity index (χ2n) is 5.11. The van der Waals surface area contributed by atoms with Gasteiger partial charge >= 0.3 is 0 Å². The maximum atomic E-state index is 11.7. The lowest BCUT2D eigenvalue weighted by molar-refractivity contribution is -0.117. The molecular weight excluding hydrogens is 268 g/mol. The predicted molar refractivity (Wildman–Crippen MR) is 79.2 cm³/mol. The first-order chi connectivity index (χ1) is 10.1. The highest BCUT2D eigenvalue weighted by atomic mass is 16.6. The van der Waals surface area contributed by atoms with Gasteiger partial charge in [0.05, 0.1) is 12.6 Å². The number of nitrogens with zero attached hydrogens (tertiary/aromatic N) is 1. The summed E-state index contributed by atoms with van der Waals surface area (Å²) in [7, 11) is 0. The third-order valence-electron chi connectivity index (χ3n) is 3.44. The first kappa shape index (κ1) is 13.6. The van der Waals surface area contributed by atoms with Crippen molar-refractivity contribution in [2.75, 3.05) is 5.32 Å². The van der Waals surface area contributed by atoms with Crippen molar-refractivity contribution >= 4 is 11.6 Å². The molecule has 108 valence electrons. The molecule has 1 amide bonds. The van der Waals surface area contributed by atoms with Gasteiger partial charge in [-0.1, -0.05) is 18.2 Å². The second kappa shape index (κ2) is 5.54. The minimum Gasteiger partial charge on any atom is -0.359 e. The van der Waals surface area contributed by atoms with Crippen LogP contribution < -0.4 is 10.9 Å². The first-order valence-corrected chi connectivity index (χ1v) is 6.84. The van der Waals surface area contributed by atoms with Crippen LogP contribution in [-0.2, 0) is 16.1 Å². The number of epoxide rings is 1. The SMILES string of the molecule is C[C@@H]1O[C@H]1C(=O)Nc1ccc(Cn2ccccc2=O)cc1. The van der Waals surface area contributed by atoms with E-state index in [1.807, 2.05) is 37.3 Å². The molecule has 1 saturated heterocycles. The fourth-order valence-electron chi connectivity index (χ4n) is 2.16. The van der Waals surface area contributed by atoms with Gasteiger partial charge in [-0.2, -0.15) is 0 Å². The number of hydrogen-bond acceptors (Lipinski definition) is 3. The van der Waals surface area contributed by atoms with Gasteiger partial charge in [0.25, 0.3) is 11.5 Å². The molecule has 21 heavy (non-hydrogen) atoms. The summed E-state index contributed by atoms with van der Waals surface area (Å²) in [5.74, 6) is -0.116. The molecule has 3 rings (SSSR count). The highest BCUT2D eigenvalue weighted by Crippen LogP contribution is 2.22. The van der Waals surface area contributed by atoms with E-state index in [0.29, 0.717) is 6.54 Å². The van der Waals surface area contributed by atoms with Crippen molar-refractivity contribution in [3.05, 3.63) is 64.6 Å². The molecule has 2 aromatic rings. The molecule has 1 aliphatic heterocycles. The normalized spacial score (nSPS) is 20.0. The van der Waals surface area contributed by atoms with Crippen LogP contribution in [0, 0.1) is 0 Å². The summed E-state index contributed by atoms with van der Waals surface area (Å²) in [4.78, 5) is 23.4. The number of nitrogens with one attached hydrogen (secondary N) is 1. The first-order valence-electron chi connectivity index (χ1n) is 6.84. The van der Waals surface area contributed by atoms with Crippen LogP contribution in [0.2, 0.25) is 0 Å². The van der Waals surface area contributed by atoms with Gasteiger partial charge in [0.1, 0.15) is 0 Å². The zero-order valence-electron chi connectivity index (χ0n) is 11.7. The van der Waals surface area contributed by atoms with E-state index in [9.17, 15) is 9.59 Å². The summed E-state index contributed by atoms with van der Waals surface area (Å²) in [5.41, 5.74) is 1.69. The number of rotatable bonds is 4. The molecule has 0 bridgehead atoms. The molecule has 0 spiro atoms. The maximum Gasteiger partial charge on any atom is 0.256 e.